The normalized spacial score (nSPS) is 15.8. The van der Waals surface area contributed by atoms with Crippen molar-refractivity contribution >= 4 is 21.7 Å². The summed E-state index contributed by atoms with van der Waals surface area (Å²) in [7, 11) is -3.59. The Hall–Kier alpha value is -2.82. The number of aliphatic hydroxyl groups excluding tert-OH is 1. The average Bonchev–Trinajstić information content (AvgIpc) is 3.07. The first-order chi connectivity index (χ1) is 14.8. The molecule has 0 amide bonds. The Morgan fingerprint density at radius 2 is 2.00 bits per heavy atom. The summed E-state index contributed by atoms with van der Waals surface area (Å²) in [4.78, 5) is 9.12. The van der Waals surface area contributed by atoms with Crippen LogP contribution in [0.3, 0.4) is 0 Å². The van der Waals surface area contributed by atoms with Gasteiger partial charge >= 0.3 is 0 Å². The molecule has 2 aromatic heterocycles. The van der Waals surface area contributed by atoms with Crippen molar-refractivity contribution < 1.29 is 13.5 Å². The summed E-state index contributed by atoms with van der Waals surface area (Å²) in [5, 5.41) is 20.0. The van der Waals surface area contributed by atoms with Gasteiger partial charge in [-0.05, 0) is 50.5 Å². The van der Waals surface area contributed by atoms with Gasteiger partial charge in [0.25, 0.3) is 0 Å². The number of piperidine rings is 1. The lowest BCUT2D eigenvalue weighted by atomic mass is 10.1. The summed E-state index contributed by atoms with van der Waals surface area (Å²) in [6.45, 7) is 4.58. The number of aliphatic hydroxyl groups is 1. The Bertz CT molecular complexity index is 1170. The van der Waals surface area contributed by atoms with E-state index < -0.39 is 16.1 Å². The maximum atomic E-state index is 13.0. The predicted octanol–water partition coefficient (Wildman–Crippen LogP) is 2.30. The molecule has 31 heavy (non-hydrogen) atoms. The van der Waals surface area contributed by atoms with Crippen molar-refractivity contribution in [1.82, 2.24) is 24.5 Å². The average molecular weight is 443 g/mol. The van der Waals surface area contributed by atoms with Gasteiger partial charge < -0.3 is 10.4 Å². The van der Waals surface area contributed by atoms with Crippen LogP contribution in [0.5, 0.6) is 0 Å². The van der Waals surface area contributed by atoms with Crippen LogP contribution in [0.1, 0.15) is 35.5 Å². The van der Waals surface area contributed by atoms with Gasteiger partial charge in [-0.25, -0.2) is 18.4 Å². The van der Waals surface area contributed by atoms with E-state index in [1.807, 2.05) is 19.9 Å². The quantitative estimate of drug-likeness (QED) is 0.535. The Morgan fingerprint density at radius 3 is 2.71 bits per heavy atom. The zero-order chi connectivity index (χ0) is 22.0. The van der Waals surface area contributed by atoms with E-state index in [4.69, 9.17) is 0 Å². The Labute approximate surface area is 181 Å². The van der Waals surface area contributed by atoms with Gasteiger partial charge in [0, 0.05) is 37.0 Å². The molecule has 1 fully saturated rings. The van der Waals surface area contributed by atoms with E-state index in [-0.39, 0.29) is 4.90 Å². The molecule has 0 atom stereocenters. The number of hydrogen-bond donors (Lipinski definition) is 3. The Morgan fingerprint density at radius 1 is 1.23 bits per heavy atom. The molecule has 0 bridgehead atoms. The number of anilines is 2. The van der Waals surface area contributed by atoms with E-state index in [2.05, 4.69) is 25.5 Å². The third kappa shape index (κ3) is 4.76. The summed E-state index contributed by atoms with van der Waals surface area (Å²) in [5.74, 6) is 1.91. The van der Waals surface area contributed by atoms with Crippen LogP contribution in [0.2, 0.25) is 0 Å². The van der Waals surface area contributed by atoms with Gasteiger partial charge in [0.1, 0.15) is 11.6 Å². The summed E-state index contributed by atoms with van der Waals surface area (Å²) < 4.78 is 27.4. The summed E-state index contributed by atoms with van der Waals surface area (Å²) in [6, 6.07) is 8.64. The maximum absolute atomic E-state index is 13.0. The zero-order valence-electron chi connectivity index (χ0n) is 17.5. The number of hydrogen-bond acceptors (Lipinski definition) is 7. The first-order valence-electron chi connectivity index (χ1n) is 10.2. The van der Waals surface area contributed by atoms with Gasteiger partial charge in [0.15, 0.2) is 5.82 Å². The monoisotopic (exact) mass is 442 g/mol. The van der Waals surface area contributed by atoms with Crippen LogP contribution in [-0.2, 0) is 16.4 Å². The minimum atomic E-state index is -3.59. The van der Waals surface area contributed by atoms with Crippen molar-refractivity contribution in [2.24, 2.45) is 0 Å². The van der Waals surface area contributed by atoms with Gasteiger partial charge in [-0.2, -0.15) is 9.40 Å². The first-order valence-corrected chi connectivity index (χ1v) is 11.6. The zero-order valence-corrected chi connectivity index (χ0v) is 18.4. The molecule has 0 saturated carbocycles. The smallest absolute Gasteiger partial charge is 0.243 e. The van der Waals surface area contributed by atoms with Crippen LogP contribution in [-0.4, -0.2) is 57.2 Å². The number of benzene rings is 1. The molecule has 0 unspecified atom stereocenters. The van der Waals surface area contributed by atoms with Crippen LogP contribution < -0.4 is 5.32 Å². The highest BCUT2D eigenvalue weighted by atomic mass is 32.2. The van der Waals surface area contributed by atoms with E-state index in [9.17, 15) is 13.5 Å². The third-order valence-electron chi connectivity index (χ3n) is 5.53. The minimum absolute atomic E-state index is 0.248. The number of nitrogens with one attached hydrogen (secondary N) is 2. The maximum Gasteiger partial charge on any atom is 0.243 e. The number of H-pyrrole nitrogens is 1. The molecular formula is C21H26N6O3S. The summed E-state index contributed by atoms with van der Waals surface area (Å²) in [5.41, 5.74) is 2.81. The molecule has 9 nitrogen and oxygen atoms in total. The van der Waals surface area contributed by atoms with Crippen LogP contribution in [0, 0.1) is 13.8 Å². The molecule has 10 heteroatoms. The molecule has 3 N–H and O–H groups in total. The number of rotatable bonds is 6. The van der Waals surface area contributed by atoms with E-state index in [0.717, 1.165) is 16.8 Å². The van der Waals surface area contributed by atoms with Crippen molar-refractivity contribution in [3.63, 3.8) is 0 Å². The number of aromatic amines is 1. The number of nitrogens with zero attached hydrogens (tertiary/aromatic N) is 4. The van der Waals surface area contributed by atoms with Crippen LogP contribution in [0.25, 0.3) is 0 Å². The molecule has 3 heterocycles. The molecule has 3 aromatic rings. The third-order valence-corrected chi connectivity index (χ3v) is 7.42. The van der Waals surface area contributed by atoms with Gasteiger partial charge in [0.05, 0.1) is 11.0 Å². The number of sulfonamides is 1. The fraction of sp³-hybridized carbons (Fsp3) is 0.381. The van der Waals surface area contributed by atoms with Gasteiger partial charge in [-0.15, -0.1) is 0 Å². The van der Waals surface area contributed by atoms with Crippen molar-refractivity contribution in [1.29, 1.82) is 0 Å². The summed E-state index contributed by atoms with van der Waals surface area (Å²) >= 11 is 0. The van der Waals surface area contributed by atoms with Gasteiger partial charge in [-0.1, -0.05) is 12.1 Å². The molecule has 0 aliphatic carbocycles. The minimum Gasteiger partial charge on any atom is -0.393 e. The molecule has 4 rings (SSSR count). The lowest BCUT2D eigenvalue weighted by Crippen LogP contribution is -2.40. The van der Waals surface area contributed by atoms with Gasteiger partial charge in [-0.3, -0.25) is 5.10 Å². The topological polar surface area (TPSA) is 124 Å². The molecule has 0 spiro atoms. The lowest BCUT2D eigenvalue weighted by Gasteiger charge is -2.28. The van der Waals surface area contributed by atoms with E-state index in [1.54, 1.807) is 30.5 Å². The fourth-order valence-corrected chi connectivity index (χ4v) is 5.05. The second-order valence-corrected chi connectivity index (χ2v) is 9.70. The molecular weight excluding hydrogens is 416 g/mol. The fourth-order valence-electron chi connectivity index (χ4n) is 3.51. The van der Waals surface area contributed by atoms with E-state index >= 15 is 0 Å². The SMILES string of the molecule is Cc1[nH]nc(Nc2ccnc(Cc3cccc(S(=O)(=O)N4CCC(O)CC4)c3)n2)c1C. The molecule has 1 aliphatic heterocycles. The second-order valence-electron chi connectivity index (χ2n) is 7.76. The highest BCUT2D eigenvalue weighted by Gasteiger charge is 2.28. The van der Waals surface area contributed by atoms with Crippen molar-refractivity contribution in [2.75, 3.05) is 18.4 Å². The van der Waals surface area contributed by atoms with Gasteiger partial charge in [0.2, 0.25) is 10.0 Å². The Balaban J connectivity index is 1.51. The Kier molecular flexibility index (Phi) is 6.03. The standard InChI is InChI=1S/C21H26N6O3S/c1-14-15(2)25-26-21(14)24-19-6-9-22-20(23-19)13-16-4-3-5-18(12-16)31(29,30)27-10-7-17(28)8-11-27/h3-6,9,12,17,28H,7-8,10-11,13H2,1-2H3,(H2,22,23,24,25,26). The van der Waals surface area contributed by atoms with Crippen molar-refractivity contribution in [2.45, 2.75) is 44.1 Å². The molecule has 1 aromatic carbocycles. The molecule has 164 valence electrons. The van der Waals surface area contributed by atoms with Crippen molar-refractivity contribution in [3.8, 4) is 0 Å². The van der Waals surface area contributed by atoms with Crippen molar-refractivity contribution in [3.05, 3.63) is 59.2 Å². The number of aromatic nitrogens is 4. The molecule has 1 aliphatic rings. The predicted molar refractivity (Wildman–Crippen MR) is 117 cm³/mol. The van der Waals surface area contributed by atoms with E-state index in [1.165, 1.54) is 4.31 Å². The van der Waals surface area contributed by atoms with E-state index in [0.29, 0.717) is 49.8 Å². The van der Waals surface area contributed by atoms with Crippen LogP contribution in [0.4, 0.5) is 11.6 Å². The van der Waals surface area contributed by atoms with Crippen LogP contribution >= 0.6 is 0 Å². The highest BCUT2D eigenvalue weighted by molar-refractivity contribution is 7.89. The summed E-state index contributed by atoms with van der Waals surface area (Å²) in [6.07, 6.45) is 2.56. The molecule has 0 radical (unpaired) electrons. The van der Waals surface area contributed by atoms with Crippen LogP contribution in [0.15, 0.2) is 41.4 Å². The second kappa shape index (κ2) is 8.74. The largest absolute Gasteiger partial charge is 0.393 e. The first kappa shape index (κ1) is 21.4. The lowest BCUT2D eigenvalue weighted by molar-refractivity contribution is 0.113. The number of aryl methyl sites for hydroxylation is 1. The highest BCUT2D eigenvalue weighted by Crippen LogP contribution is 2.23. The molecule has 1 saturated heterocycles.